The molecule has 1 aliphatic heterocycles. The van der Waals surface area contributed by atoms with Crippen LogP contribution in [0.4, 0.5) is 0 Å². The molecule has 1 aromatic heterocycles. The highest BCUT2D eigenvalue weighted by Gasteiger charge is 2.15. The Balaban J connectivity index is 1.44. The van der Waals surface area contributed by atoms with E-state index < -0.39 is 0 Å². The number of nitrogens with zero attached hydrogens (tertiary/aromatic N) is 2. The molecule has 1 saturated heterocycles. The number of aromatic nitrogens is 2. The molecule has 0 bridgehead atoms. The van der Waals surface area contributed by atoms with E-state index in [2.05, 4.69) is 15.3 Å². The Bertz CT molecular complexity index is 742. The number of fused-ring (bicyclic) bond motifs is 1. The van der Waals surface area contributed by atoms with Crippen molar-refractivity contribution in [3.05, 3.63) is 35.2 Å². The molecule has 6 heteroatoms. The van der Waals surface area contributed by atoms with Crippen LogP contribution in [-0.2, 0) is 9.47 Å². The Hall–Kier alpha value is -2.05. The Kier molecular flexibility index (Phi) is 5.94. The minimum Gasteiger partial charge on any atom is -0.379 e. The first-order valence-electron chi connectivity index (χ1n) is 8.86. The molecule has 1 N–H and O–H groups in total. The van der Waals surface area contributed by atoms with Crippen LogP contribution < -0.4 is 5.32 Å². The van der Waals surface area contributed by atoms with Crippen LogP contribution in [-0.4, -0.2) is 48.3 Å². The monoisotopic (exact) mass is 343 g/mol. The van der Waals surface area contributed by atoms with E-state index in [1.54, 1.807) is 12.1 Å². The van der Waals surface area contributed by atoms with E-state index >= 15 is 0 Å². The highest BCUT2D eigenvalue weighted by Crippen LogP contribution is 2.14. The van der Waals surface area contributed by atoms with Gasteiger partial charge in [0.25, 0.3) is 5.91 Å². The van der Waals surface area contributed by atoms with Crippen LogP contribution in [0, 0.1) is 13.8 Å². The smallest absolute Gasteiger partial charge is 0.251 e. The summed E-state index contributed by atoms with van der Waals surface area (Å²) >= 11 is 0. The minimum absolute atomic E-state index is 0.0962. The molecule has 1 aromatic carbocycles. The van der Waals surface area contributed by atoms with Crippen molar-refractivity contribution in [3.8, 4) is 0 Å². The van der Waals surface area contributed by atoms with Crippen LogP contribution in [0.1, 0.15) is 41.0 Å². The van der Waals surface area contributed by atoms with Crippen LogP contribution in [0.15, 0.2) is 18.2 Å². The molecule has 0 saturated carbocycles. The van der Waals surface area contributed by atoms with Crippen LogP contribution in [0.25, 0.3) is 11.0 Å². The van der Waals surface area contributed by atoms with Crippen molar-refractivity contribution in [1.29, 1.82) is 0 Å². The number of rotatable bonds is 7. The summed E-state index contributed by atoms with van der Waals surface area (Å²) in [4.78, 5) is 21.2. The third-order valence-corrected chi connectivity index (χ3v) is 4.42. The molecule has 1 fully saturated rings. The fourth-order valence-electron chi connectivity index (χ4n) is 2.84. The largest absolute Gasteiger partial charge is 0.379 e. The van der Waals surface area contributed by atoms with E-state index in [1.807, 2.05) is 19.9 Å². The number of hydrogen-bond donors (Lipinski definition) is 1. The maximum Gasteiger partial charge on any atom is 0.251 e. The zero-order chi connectivity index (χ0) is 17.6. The molecular formula is C19H25N3O3. The Labute approximate surface area is 147 Å². The second-order valence-corrected chi connectivity index (χ2v) is 6.42. The van der Waals surface area contributed by atoms with Gasteiger partial charge in [0, 0.05) is 25.3 Å². The third kappa shape index (κ3) is 4.74. The maximum atomic E-state index is 12.3. The lowest BCUT2D eigenvalue weighted by Crippen LogP contribution is -2.25. The second kappa shape index (κ2) is 8.36. The van der Waals surface area contributed by atoms with E-state index in [1.165, 1.54) is 0 Å². The number of carbonyl (C=O) groups is 1. The summed E-state index contributed by atoms with van der Waals surface area (Å²) < 4.78 is 11.1. The topological polar surface area (TPSA) is 73.3 Å². The summed E-state index contributed by atoms with van der Waals surface area (Å²) in [6.07, 6.45) is 3.24. The van der Waals surface area contributed by atoms with Crippen LogP contribution >= 0.6 is 0 Å². The Morgan fingerprint density at radius 3 is 2.84 bits per heavy atom. The van der Waals surface area contributed by atoms with Gasteiger partial charge in [-0.3, -0.25) is 4.79 Å². The summed E-state index contributed by atoms with van der Waals surface area (Å²) in [5, 5.41) is 2.92. The van der Waals surface area contributed by atoms with Crippen molar-refractivity contribution in [2.75, 3.05) is 26.4 Å². The van der Waals surface area contributed by atoms with Crippen LogP contribution in [0.2, 0.25) is 0 Å². The summed E-state index contributed by atoms with van der Waals surface area (Å²) in [5.41, 5.74) is 3.95. The van der Waals surface area contributed by atoms with Gasteiger partial charge in [-0.15, -0.1) is 0 Å². The van der Waals surface area contributed by atoms with Crippen molar-refractivity contribution < 1.29 is 14.3 Å². The molecule has 1 amide bonds. The molecule has 3 rings (SSSR count). The van der Waals surface area contributed by atoms with Crippen molar-refractivity contribution in [2.24, 2.45) is 0 Å². The SMILES string of the molecule is Cc1nc2ccc(C(=O)NCCCOCC3CCCO3)cc2nc1C. The molecule has 0 spiro atoms. The molecule has 25 heavy (non-hydrogen) atoms. The van der Waals surface area contributed by atoms with E-state index in [9.17, 15) is 4.79 Å². The lowest BCUT2D eigenvalue weighted by Gasteiger charge is -2.10. The average molecular weight is 343 g/mol. The van der Waals surface area contributed by atoms with E-state index in [0.717, 1.165) is 48.3 Å². The predicted octanol–water partition coefficient (Wildman–Crippen LogP) is 2.56. The van der Waals surface area contributed by atoms with Crippen LogP contribution in [0.5, 0.6) is 0 Å². The maximum absolute atomic E-state index is 12.3. The minimum atomic E-state index is -0.0962. The van der Waals surface area contributed by atoms with Crippen LogP contribution in [0.3, 0.4) is 0 Å². The fraction of sp³-hybridized carbons (Fsp3) is 0.526. The number of amides is 1. The van der Waals surface area contributed by atoms with Gasteiger partial charge in [-0.2, -0.15) is 0 Å². The fourth-order valence-corrected chi connectivity index (χ4v) is 2.84. The van der Waals surface area contributed by atoms with Crippen molar-refractivity contribution >= 4 is 16.9 Å². The first-order valence-corrected chi connectivity index (χ1v) is 8.86. The van der Waals surface area contributed by atoms with Gasteiger partial charge in [0.1, 0.15) is 0 Å². The number of aryl methyl sites for hydroxylation is 2. The Morgan fingerprint density at radius 2 is 2.08 bits per heavy atom. The van der Waals surface area contributed by atoms with E-state index in [4.69, 9.17) is 9.47 Å². The zero-order valence-corrected chi connectivity index (χ0v) is 14.9. The lowest BCUT2D eigenvalue weighted by molar-refractivity contribution is 0.0166. The highest BCUT2D eigenvalue weighted by atomic mass is 16.5. The molecule has 1 unspecified atom stereocenters. The first kappa shape index (κ1) is 17.8. The number of hydrogen-bond acceptors (Lipinski definition) is 5. The summed E-state index contributed by atoms with van der Waals surface area (Å²) in [7, 11) is 0. The molecule has 6 nitrogen and oxygen atoms in total. The summed E-state index contributed by atoms with van der Waals surface area (Å²) in [5.74, 6) is -0.0962. The standard InChI is InChI=1S/C19H25N3O3/c1-13-14(2)22-18-11-15(6-7-17(18)21-13)19(23)20-8-4-9-24-12-16-5-3-10-25-16/h6-7,11,16H,3-5,8-10,12H2,1-2H3,(H,20,23). The van der Waals surface area contributed by atoms with Gasteiger partial charge in [0.05, 0.1) is 35.1 Å². The Morgan fingerprint density at radius 1 is 1.28 bits per heavy atom. The van der Waals surface area contributed by atoms with E-state index in [-0.39, 0.29) is 12.0 Å². The molecular weight excluding hydrogens is 318 g/mol. The first-order chi connectivity index (χ1) is 12.1. The molecule has 0 aliphatic carbocycles. The molecule has 0 radical (unpaired) electrons. The quantitative estimate of drug-likeness (QED) is 0.782. The lowest BCUT2D eigenvalue weighted by atomic mass is 10.1. The predicted molar refractivity (Wildman–Crippen MR) is 95.8 cm³/mol. The van der Waals surface area contributed by atoms with Crippen molar-refractivity contribution in [3.63, 3.8) is 0 Å². The molecule has 2 heterocycles. The van der Waals surface area contributed by atoms with Gasteiger partial charge in [0.2, 0.25) is 0 Å². The van der Waals surface area contributed by atoms with Gasteiger partial charge in [-0.05, 0) is 51.3 Å². The van der Waals surface area contributed by atoms with Gasteiger partial charge < -0.3 is 14.8 Å². The average Bonchev–Trinajstić information content (AvgIpc) is 3.12. The number of nitrogens with one attached hydrogen (secondary N) is 1. The third-order valence-electron chi connectivity index (χ3n) is 4.42. The summed E-state index contributed by atoms with van der Waals surface area (Å²) in [6, 6.07) is 5.42. The molecule has 2 aromatic rings. The highest BCUT2D eigenvalue weighted by molar-refractivity contribution is 5.97. The van der Waals surface area contributed by atoms with Gasteiger partial charge in [-0.1, -0.05) is 0 Å². The number of carbonyl (C=O) groups excluding carboxylic acids is 1. The molecule has 1 atom stereocenters. The van der Waals surface area contributed by atoms with Gasteiger partial charge >= 0.3 is 0 Å². The van der Waals surface area contributed by atoms with Gasteiger partial charge in [-0.25, -0.2) is 9.97 Å². The molecule has 134 valence electrons. The van der Waals surface area contributed by atoms with E-state index in [0.29, 0.717) is 25.3 Å². The molecule has 1 aliphatic rings. The number of benzene rings is 1. The zero-order valence-electron chi connectivity index (χ0n) is 14.9. The van der Waals surface area contributed by atoms with Crippen molar-refractivity contribution in [2.45, 2.75) is 39.2 Å². The summed E-state index contributed by atoms with van der Waals surface area (Å²) in [6.45, 7) is 6.56. The second-order valence-electron chi connectivity index (χ2n) is 6.42. The normalized spacial score (nSPS) is 17.1. The van der Waals surface area contributed by atoms with Gasteiger partial charge in [0.15, 0.2) is 0 Å². The number of ether oxygens (including phenoxy) is 2. The van der Waals surface area contributed by atoms with Crippen molar-refractivity contribution in [1.82, 2.24) is 15.3 Å².